The highest BCUT2D eigenvalue weighted by molar-refractivity contribution is 7.16. The zero-order chi connectivity index (χ0) is 16.0. The van der Waals surface area contributed by atoms with Gasteiger partial charge < -0.3 is 0 Å². The van der Waals surface area contributed by atoms with Crippen LogP contribution in [0.25, 0.3) is 10.8 Å². The van der Waals surface area contributed by atoms with Gasteiger partial charge in [-0.15, -0.1) is 11.3 Å². The Balaban J connectivity index is 1.74. The SMILES string of the molecule is Cn1nc(C(=O)Nc2nc3c(s2)CCC3)c2ccccc2c1=O. The Kier molecular flexibility index (Phi) is 3.23. The minimum Gasteiger partial charge on any atom is -0.296 e. The van der Waals surface area contributed by atoms with Gasteiger partial charge >= 0.3 is 0 Å². The van der Waals surface area contributed by atoms with Crippen LogP contribution >= 0.6 is 11.3 Å². The van der Waals surface area contributed by atoms with Gasteiger partial charge in [0.1, 0.15) is 0 Å². The Morgan fingerprint density at radius 3 is 2.83 bits per heavy atom. The van der Waals surface area contributed by atoms with E-state index in [0.29, 0.717) is 15.9 Å². The fourth-order valence-corrected chi connectivity index (χ4v) is 3.91. The number of fused-ring (bicyclic) bond motifs is 2. The van der Waals surface area contributed by atoms with Crippen LogP contribution < -0.4 is 10.9 Å². The smallest absolute Gasteiger partial charge is 0.278 e. The van der Waals surface area contributed by atoms with Gasteiger partial charge in [-0.25, -0.2) is 9.67 Å². The van der Waals surface area contributed by atoms with E-state index >= 15 is 0 Å². The molecule has 0 saturated heterocycles. The molecule has 23 heavy (non-hydrogen) atoms. The van der Waals surface area contributed by atoms with Crippen molar-refractivity contribution in [3.05, 3.63) is 50.9 Å². The molecule has 116 valence electrons. The molecule has 2 heterocycles. The molecule has 4 rings (SSSR count). The summed E-state index contributed by atoms with van der Waals surface area (Å²) < 4.78 is 1.19. The van der Waals surface area contributed by atoms with Crippen LogP contribution in [0.5, 0.6) is 0 Å². The first-order valence-corrected chi connectivity index (χ1v) is 8.21. The summed E-state index contributed by atoms with van der Waals surface area (Å²) in [6.07, 6.45) is 3.14. The molecule has 7 heteroatoms. The summed E-state index contributed by atoms with van der Waals surface area (Å²) in [5.41, 5.74) is 1.10. The molecule has 1 aliphatic carbocycles. The lowest BCUT2D eigenvalue weighted by Gasteiger charge is -2.07. The molecule has 0 unspecified atom stereocenters. The molecule has 1 aliphatic rings. The molecule has 0 aliphatic heterocycles. The Hall–Kier alpha value is -2.54. The summed E-state index contributed by atoms with van der Waals surface area (Å²) in [7, 11) is 1.55. The van der Waals surface area contributed by atoms with E-state index in [-0.39, 0.29) is 17.2 Å². The summed E-state index contributed by atoms with van der Waals surface area (Å²) in [5.74, 6) is -0.343. The summed E-state index contributed by atoms with van der Waals surface area (Å²) in [5, 5.41) is 8.58. The van der Waals surface area contributed by atoms with E-state index in [9.17, 15) is 9.59 Å². The molecule has 0 atom stereocenters. The fraction of sp³-hybridized carbons (Fsp3) is 0.250. The monoisotopic (exact) mass is 326 g/mol. The van der Waals surface area contributed by atoms with Crippen molar-refractivity contribution in [2.75, 3.05) is 5.32 Å². The van der Waals surface area contributed by atoms with Gasteiger partial charge in [-0.1, -0.05) is 18.2 Å². The Morgan fingerprint density at radius 1 is 1.26 bits per heavy atom. The van der Waals surface area contributed by atoms with Gasteiger partial charge in [0.25, 0.3) is 11.5 Å². The average molecular weight is 326 g/mol. The predicted octanol–water partition coefficient (Wildman–Crippen LogP) is 2.13. The first kappa shape index (κ1) is 14.1. The summed E-state index contributed by atoms with van der Waals surface area (Å²) >= 11 is 1.52. The van der Waals surface area contributed by atoms with Crippen LogP contribution in [-0.2, 0) is 19.9 Å². The number of nitrogens with zero attached hydrogens (tertiary/aromatic N) is 3. The van der Waals surface area contributed by atoms with Gasteiger partial charge in [-0.2, -0.15) is 5.10 Å². The van der Waals surface area contributed by atoms with Crippen LogP contribution in [0, 0.1) is 0 Å². The van der Waals surface area contributed by atoms with Crippen molar-refractivity contribution in [1.29, 1.82) is 0 Å². The van der Waals surface area contributed by atoms with Crippen molar-refractivity contribution >= 4 is 33.1 Å². The molecule has 1 aromatic carbocycles. The third-order valence-corrected chi connectivity index (χ3v) is 5.06. The standard InChI is InChI=1S/C16H14N4O2S/c1-20-15(22)10-6-3-2-5-9(10)13(19-20)14(21)18-16-17-11-7-4-8-12(11)23-16/h2-3,5-6H,4,7-8H2,1H3,(H,17,18,21). The number of aromatic nitrogens is 3. The number of aryl methyl sites for hydroxylation is 3. The second kappa shape index (κ2) is 5.27. The highest BCUT2D eigenvalue weighted by Crippen LogP contribution is 2.30. The second-order valence-corrected chi connectivity index (χ2v) is 6.60. The van der Waals surface area contributed by atoms with Crippen LogP contribution in [0.3, 0.4) is 0 Å². The maximum atomic E-state index is 12.6. The summed E-state index contributed by atoms with van der Waals surface area (Å²) in [4.78, 5) is 30.4. The van der Waals surface area contributed by atoms with Crippen molar-refractivity contribution in [2.24, 2.45) is 7.05 Å². The number of carbonyl (C=O) groups excluding carboxylic acids is 1. The number of carbonyl (C=O) groups is 1. The highest BCUT2D eigenvalue weighted by Gasteiger charge is 2.20. The molecule has 0 radical (unpaired) electrons. The van der Waals surface area contributed by atoms with Crippen molar-refractivity contribution in [2.45, 2.75) is 19.3 Å². The summed E-state index contributed by atoms with van der Waals surface area (Å²) in [6.45, 7) is 0. The van der Waals surface area contributed by atoms with Crippen molar-refractivity contribution in [3.8, 4) is 0 Å². The molecular weight excluding hydrogens is 312 g/mol. The first-order chi connectivity index (χ1) is 11.1. The van der Waals surface area contributed by atoms with E-state index in [2.05, 4.69) is 15.4 Å². The average Bonchev–Trinajstić information content (AvgIpc) is 3.12. The molecule has 6 nitrogen and oxygen atoms in total. The van der Waals surface area contributed by atoms with Gasteiger partial charge in [0.15, 0.2) is 10.8 Å². The van der Waals surface area contributed by atoms with Crippen LogP contribution in [0.15, 0.2) is 29.1 Å². The zero-order valence-corrected chi connectivity index (χ0v) is 13.3. The fourth-order valence-electron chi connectivity index (χ4n) is 2.87. The molecule has 0 spiro atoms. The van der Waals surface area contributed by atoms with Gasteiger partial charge in [-0.05, 0) is 25.3 Å². The number of nitrogens with one attached hydrogen (secondary N) is 1. The number of amides is 1. The molecular formula is C16H14N4O2S. The first-order valence-electron chi connectivity index (χ1n) is 7.39. The maximum Gasteiger partial charge on any atom is 0.278 e. The molecule has 3 aromatic rings. The lowest BCUT2D eigenvalue weighted by Crippen LogP contribution is -2.25. The normalized spacial score (nSPS) is 13.3. The third-order valence-electron chi connectivity index (χ3n) is 3.99. The van der Waals surface area contributed by atoms with Crippen molar-refractivity contribution in [3.63, 3.8) is 0 Å². The number of rotatable bonds is 2. The number of hydrogen-bond donors (Lipinski definition) is 1. The molecule has 1 amide bonds. The van der Waals surface area contributed by atoms with Crippen molar-refractivity contribution < 1.29 is 4.79 Å². The molecule has 2 aromatic heterocycles. The van der Waals surface area contributed by atoms with E-state index in [0.717, 1.165) is 25.0 Å². The Labute approximate surface area is 135 Å². The number of anilines is 1. The largest absolute Gasteiger partial charge is 0.296 e. The van der Waals surface area contributed by atoms with Crippen LogP contribution in [0.2, 0.25) is 0 Å². The third kappa shape index (κ3) is 2.33. The number of hydrogen-bond acceptors (Lipinski definition) is 5. The quantitative estimate of drug-likeness (QED) is 0.782. The predicted molar refractivity (Wildman–Crippen MR) is 89.1 cm³/mol. The van der Waals surface area contributed by atoms with Crippen molar-refractivity contribution in [1.82, 2.24) is 14.8 Å². The Bertz CT molecular complexity index is 968. The van der Waals surface area contributed by atoms with Crippen LogP contribution in [-0.4, -0.2) is 20.7 Å². The van der Waals surface area contributed by atoms with Gasteiger partial charge in [-0.3, -0.25) is 14.9 Å². The van der Waals surface area contributed by atoms with Gasteiger partial charge in [0, 0.05) is 17.3 Å². The molecule has 0 saturated carbocycles. The van der Waals surface area contributed by atoms with E-state index in [4.69, 9.17) is 0 Å². The van der Waals surface area contributed by atoms with E-state index < -0.39 is 0 Å². The second-order valence-electron chi connectivity index (χ2n) is 5.52. The lowest BCUT2D eigenvalue weighted by molar-refractivity contribution is 0.102. The number of benzene rings is 1. The molecule has 0 bridgehead atoms. The minimum atomic E-state index is -0.343. The van der Waals surface area contributed by atoms with E-state index in [1.165, 1.54) is 20.9 Å². The maximum absolute atomic E-state index is 12.6. The Morgan fingerprint density at radius 2 is 2.04 bits per heavy atom. The van der Waals surface area contributed by atoms with Gasteiger partial charge in [0.05, 0.1) is 11.1 Å². The number of thiazole rings is 1. The van der Waals surface area contributed by atoms with Crippen LogP contribution in [0.1, 0.15) is 27.5 Å². The molecule has 1 N–H and O–H groups in total. The zero-order valence-electron chi connectivity index (χ0n) is 12.5. The minimum absolute atomic E-state index is 0.217. The highest BCUT2D eigenvalue weighted by atomic mass is 32.1. The van der Waals surface area contributed by atoms with Gasteiger partial charge in [0.2, 0.25) is 0 Å². The topological polar surface area (TPSA) is 76.9 Å². The summed E-state index contributed by atoms with van der Waals surface area (Å²) in [6, 6.07) is 7.00. The van der Waals surface area contributed by atoms with Crippen LogP contribution in [0.4, 0.5) is 5.13 Å². The van der Waals surface area contributed by atoms with E-state index in [1.807, 2.05) is 0 Å². The molecule has 0 fully saturated rings. The van der Waals surface area contributed by atoms with E-state index in [1.54, 1.807) is 31.3 Å². The lowest BCUT2D eigenvalue weighted by atomic mass is 10.1.